The van der Waals surface area contributed by atoms with E-state index in [0.717, 1.165) is 19.4 Å². The van der Waals surface area contributed by atoms with Gasteiger partial charge in [0, 0.05) is 5.56 Å². The third-order valence-corrected chi connectivity index (χ3v) is 7.18. The maximum atomic E-state index is 11.8. The molecule has 2 N–H and O–H groups in total. The van der Waals surface area contributed by atoms with Crippen molar-refractivity contribution in [2.75, 3.05) is 6.61 Å². The van der Waals surface area contributed by atoms with Crippen LogP contribution in [0.2, 0.25) is 0 Å². The lowest BCUT2D eigenvalue weighted by atomic mass is 9.65. The lowest BCUT2D eigenvalue weighted by Gasteiger charge is -2.42. The number of carbonyl (C=O) groups is 1. The zero-order valence-electron chi connectivity index (χ0n) is 18.4. The van der Waals surface area contributed by atoms with E-state index in [4.69, 9.17) is 9.47 Å². The summed E-state index contributed by atoms with van der Waals surface area (Å²) >= 11 is 0. The Kier molecular flexibility index (Phi) is 7.59. The number of ketones is 1. The van der Waals surface area contributed by atoms with Gasteiger partial charge in [-0.05, 0) is 81.0 Å². The second-order valence-electron chi connectivity index (χ2n) is 9.21. The van der Waals surface area contributed by atoms with E-state index in [-0.39, 0.29) is 12.0 Å². The second-order valence-corrected chi connectivity index (χ2v) is 9.21. The maximum Gasteiger partial charge on any atom is 0.226 e. The first-order valence-corrected chi connectivity index (χ1v) is 11.3. The number of Topliss-reactive ketones (excluding diaryl/α,β-unsaturated/α-hetero) is 1. The maximum absolute atomic E-state index is 11.8. The van der Waals surface area contributed by atoms with Crippen LogP contribution in [0.1, 0.15) is 63.2 Å². The molecule has 0 radical (unpaired) electrons. The van der Waals surface area contributed by atoms with Gasteiger partial charge in [0.05, 0.1) is 18.8 Å². The van der Waals surface area contributed by atoms with Crippen LogP contribution in [0.4, 0.5) is 0 Å². The van der Waals surface area contributed by atoms with Gasteiger partial charge in [0.25, 0.3) is 0 Å². The number of hydrogen-bond donors (Lipinski definition) is 2. The van der Waals surface area contributed by atoms with E-state index in [1.54, 1.807) is 24.3 Å². The molecule has 30 heavy (non-hydrogen) atoms. The highest BCUT2D eigenvalue weighted by molar-refractivity contribution is 6.06. The van der Waals surface area contributed by atoms with Crippen LogP contribution in [-0.2, 0) is 4.74 Å². The van der Waals surface area contributed by atoms with Gasteiger partial charge in [-0.1, -0.05) is 26.3 Å². The number of benzene rings is 1. The Bertz CT molecular complexity index is 728. The summed E-state index contributed by atoms with van der Waals surface area (Å²) in [6, 6.07) is 6.55. The van der Waals surface area contributed by atoms with E-state index < -0.39 is 17.6 Å². The molecule has 2 aliphatic rings. The fourth-order valence-corrected chi connectivity index (χ4v) is 5.29. The Labute approximate surface area is 180 Å². The molecule has 1 aliphatic carbocycles. The van der Waals surface area contributed by atoms with Crippen LogP contribution in [0.25, 0.3) is 0 Å². The first-order valence-electron chi connectivity index (χ1n) is 11.3. The predicted octanol–water partition coefficient (Wildman–Crippen LogP) is 4.94. The molecule has 2 unspecified atom stereocenters. The molecule has 2 fully saturated rings. The van der Waals surface area contributed by atoms with Crippen molar-refractivity contribution in [1.82, 2.24) is 0 Å². The van der Waals surface area contributed by atoms with E-state index >= 15 is 0 Å². The average Bonchev–Trinajstić information content (AvgIpc) is 2.94. The molecule has 0 bridgehead atoms. The molecule has 7 atom stereocenters. The highest BCUT2D eigenvalue weighted by Crippen LogP contribution is 2.44. The Hall–Kier alpha value is -1.85. The van der Waals surface area contributed by atoms with E-state index in [1.807, 2.05) is 6.92 Å². The summed E-state index contributed by atoms with van der Waals surface area (Å²) in [5.74, 6) is 1.36. The number of carbonyl (C=O) groups excluding carboxylic acids is 1. The van der Waals surface area contributed by atoms with Crippen molar-refractivity contribution in [2.45, 2.75) is 71.2 Å². The van der Waals surface area contributed by atoms with Gasteiger partial charge >= 0.3 is 0 Å². The van der Waals surface area contributed by atoms with Crippen molar-refractivity contribution in [3.8, 4) is 5.75 Å². The Morgan fingerprint density at radius 2 is 1.87 bits per heavy atom. The lowest BCUT2D eigenvalue weighted by molar-refractivity contribution is -0.0507. The van der Waals surface area contributed by atoms with E-state index in [0.29, 0.717) is 35.2 Å². The van der Waals surface area contributed by atoms with Crippen molar-refractivity contribution in [3.05, 3.63) is 42.2 Å². The third kappa shape index (κ3) is 5.25. The van der Waals surface area contributed by atoms with Crippen LogP contribution in [0.3, 0.4) is 0 Å². The molecule has 1 saturated carbocycles. The highest BCUT2D eigenvalue weighted by Gasteiger charge is 2.41. The van der Waals surface area contributed by atoms with E-state index in [1.165, 1.54) is 19.3 Å². The van der Waals surface area contributed by atoms with Gasteiger partial charge in [-0.2, -0.15) is 0 Å². The van der Waals surface area contributed by atoms with Crippen molar-refractivity contribution in [3.63, 3.8) is 0 Å². The number of fused-ring (bicyclic) bond motifs is 1. The molecule has 3 rings (SSSR count). The quantitative estimate of drug-likeness (QED) is 0.374. The molecule has 5 nitrogen and oxygen atoms in total. The second kappa shape index (κ2) is 9.97. The molecule has 166 valence electrons. The summed E-state index contributed by atoms with van der Waals surface area (Å²) in [7, 11) is 0. The predicted molar refractivity (Wildman–Crippen MR) is 117 cm³/mol. The molecule has 5 heteroatoms. The fraction of sp³-hybridized carbons (Fsp3) is 0.640. The molecular formula is C25H36O5. The molecule has 1 aliphatic heterocycles. The average molecular weight is 417 g/mol. The molecule has 1 aromatic rings. The molecule has 0 aromatic heterocycles. The minimum absolute atomic E-state index is 0.114. The van der Waals surface area contributed by atoms with Crippen molar-refractivity contribution >= 4 is 5.78 Å². The SMILES string of the molecule is C=C(O)C(=O)c1ccc(O[C@H](C)[C@@H](O)[C@H](C)[C@@H]2CCC[C@@H]3CCC(C)OCC32)cc1. The Morgan fingerprint density at radius 3 is 2.53 bits per heavy atom. The summed E-state index contributed by atoms with van der Waals surface area (Å²) < 4.78 is 12.1. The Balaban J connectivity index is 1.62. The first kappa shape index (κ1) is 22.8. The smallest absolute Gasteiger partial charge is 0.226 e. The molecule has 1 saturated heterocycles. The van der Waals surface area contributed by atoms with Gasteiger partial charge in [-0.3, -0.25) is 4.79 Å². The van der Waals surface area contributed by atoms with E-state index in [9.17, 15) is 15.0 Å². The molecular weight excluding hydrogens is 380 g/mol. The number of aliphatic hydroxyl groups excluding tert-OH is 2. The molecule has 0 spiro atoms. The number of allylic oxidation sites excluding steroid dienone is 1. The summed E-state index contributed by atoms with van der Waals surface area (Å²) in [4.78, 5) is 11.8. The zero-order chi connectivity index (χ0) is 21.8. The van der Waals surface area contributed by atoms with Crippen LogP contribution in [0, 0.1) is 23.7 Å². The van der Waals surface area contributed by atoms with Crippen LogP contribution in [0.5, 0.6) is 5.75 Å². The molecule has 0 amide bonds. The van der Waals surface area contributed by atoms with Gasteiger partial charge in [0.15, 0.2) is 5.76 Å². The van der Waals surface area contributed by atoms with Gasteiger partial charge in [0.1, 0.15) is 11.9 Å². The minimum Gasteiger partial charge on any atom is -0.505 e. The summed E-state index contributed by atoms with van der Waals surface area (Å²) in [5.41, 5.74) is 0.354. The van der Waals surface area contributed by atoms with Crippen molar-refractivity contribution in [2.24, 2.45) is 23.7 Å². The standard InChI is InChI=1S/C25H36O5/c1-15-8-9-19-6-5-7-22(23(19)14-29-15)16(2)24(27)18(4)30-21-12-10-20(11-13-21)25(28)17(3)26/h10-13,15-16,18-19,22-24,26-27H,3,5-9,14H2,1-2,4H3/t15?,16-,18-,19-,22+,23?,24+/m1/s1. The van der Waals surface area contributed by atoms with Crippen LogP contribution < -0.4 is 4.74 Å². The van der Waals surface area contributed by atoms with Gasteiger partial charge in [0.2, 0.25) is 5.78 Å². The van der Waals surface area contributed by atoms with Crippen molar-refractivity contribution < 1.29 is 24.5 Å². The Morgan fingerprint density at radius 1 is 1.17 bits per heavy atom. The minimum atomic E-state index is -0.590. The first-order chi connectivity index (χ1) is 14.3. The van der Waals surface area contributed by atoms with Crippen molar-refractivity contribution in [1.29, 1.82) is 0 Å². The third-order valence-electron chi connectivity index (χ3n) is 7.18. The van der Waals surface area contributed by atoms with Crippen LogP contribution in [0.15, 0.2) is 36.6 Å². The van der Waals surface area contributed by atoms with Crippen LogP contribution in [-0.4, -0.2) is 40.9 Å². The van der Waals surface area contributed by atoms with Gasteiger partial charge in [-0.15, -0.1) is 0 Å². The summed E-state index contributed by atoms with van der Waals surface area (Å²) in [6.45, 7) is 10.3. The summed E-state index contributed by atoms with van der Waals surface area (Å²) in [6.07, 6.45) is 5.35. The fourth-order valence-electron chi connectivity index (χ4n) is 5.29. The molecule has 1 heterocycles. The zero-order valence-corrected chi connectivity index (χ0v) is 18.4. The number of rotatable bonds is 7. The number of aliphatic hydroxyl groups is 2. The number of ether oxygens (including phenoxy) is 2. The normalized spacial score (nSPS) is 29.7. The summed E-state index contributed by atoms with van der Waals surface area (Å²) in [5, 5.41) is 20.3. The van der Waals surface area contributed by atoms with Crippen LogP contribution >= 0.6 is 0 Å². The topological polar surface area (TPSA) is 76.0 Å². The van der Waals surface area contributed by atoms with Gasteiger partial charge in [-0.25, -0.2) is 0 Å². The molecule has 1 aromatic carbocycles. The number of hydrogen-bond acceptors (Lipinski definition) is 5. The largest absolute Gasteiger partial charge is 0.505 e. The highest BCUT2D eigenvalue weighted by atomic mass is 16.5. The lowest BCUT2D eigenvalue weighted by Crippen LogP contribution is -2.43. The van der Waals surface area contributed by atoms with Gasteiger partial charge < -0.3 is 19.7 Å². The van der Waals surface area contributed by atoms with E-state index in [2.05, 4.69) is 20.4 Å². The monoisotopic (exact) mass is 416 g/mol.